The number of rotatable bonds is 6. The van der Waals surface area contributed by atoms with Gasteiger partial charge in [0, 0.05) is 39.8 Å². The second kappa shape index (κ2) is 8.85. The maximum Gasteiger partial charge on any atom is 0.336 e. The van der Waals surface area contributed by atoms with Crippen LogP contribution in [0.15, 0.2) is 66.0 Å². The number of quaternary nitrogens is 1. The number of hydrogen-bond acceptors (Lipinski definition) is 6. The molecule has 0 unspecified atom stereocenters. The van der Waals surface area contributed by atoms with E-state index < -0.39 is 17.0 Å². The average Bonchev–Trinajstić information content (AvgIpc) is 3.28. The molecule has 1 aromatic heterocycles. The summed E-state index contributed by atoms with van der Waals surface area (Å²) in [5.74, 6) is -1.31. The van der Waals surface area contributed by atoms with E-state index in [1.807, 2.05) is 0 Å². The number of aromatic nitrogens is 1. The SMILES string of the molecule is COc1ccc(-c2csc(-c3ccc(-c4ccccc4[NH+]([O-])[O-])c(C(=O)O)c3)n2)c(F)c1. The van der Waals surface area contributed by atoms with Crippen molar-refractivity contribution < 1.29 is 24.3 Å². The summed E-state index contributed by atoms with van der Waals surface area (Å²) in [5.41, 5.74) is 1.54. The highest BCUT2D eigenvalue weighted by Crippen LogP contribution is 2.35. The molecule has 0 saturated carbocycles. The number of aromatic carboxylic acids is 1. The fraction of sp³-hybridized carbons (Fsp3) is 0.0435. The lowest BCUT2D eigenvalue weighted by Crippen LogP contribution is -2.96. The molecule has 0 amide bonds. The Bertz CT molecular complexity index is 1310. The first kappa shape index (κ1) is 21.6. The van der Waals surface area contributed by atoms with E-state index in [0.717, 1.165) is 0 Å². The molecular formula is C23H16FN2O5S-. The number of thiazole rings is 1. The lowest BCUT2D eigenvalue weighted by atomic mass is 9.96. The van der Waals surface area contributed by atoms with Crippen molar-refractivity contribution in [3.05, 3.63) is 87.8 Å². The fourth-order valence-corrected chi connectivity index (χ4v) is 4.16. The summed E-state index contributed by atoms with van der Waals surface area (Å²) in [7, 11) is 1.45. The molecule has 0 aliphatic carbocycles. The Kier molecular flexibility index (Phi) is 5.97. The van der Waals surface area contributed by atoms with E-state index >= 15 is 0 Å². The van der Waals surface area contributed by atoms with Crippen LogP contribution in [0.2, 0.25) is 0 Å². The minimum atomic E-state index is -1.40. The van der Waals surface area contributed by atoms with Crippen molar-refractivity contribution in [2.45, 2.75) is 0 Å². The standard InChI is InChI=1S/C23H16FN2O5S/c1-31-14-7-9-17(19(24)11-14)20-12-32-22(25-20)13-6-8-15(18(10-13)23(27)28)16-4-2-3-5-21(16)26(29)30/h2-12,26H,1H3,(H,27,28)/q-1. The summed E-state index contributed by atoms with van der Waals surface area (Å²) in [4.78, 5) is 16.4. The van der Waals surface area contributed by atoms with Gasteiger partial charge in [-0.15, -0.1) is 11.3 Å². The molecule has 4 rings (SSSR count). The van der Waals surface area contributed by atoms with Gasteiger partial charge >= 0.3 is 5.97 Å². The van der Waals surface area contributed by atoms with Crippen molar-refractivity contribution in [2.75, 3.05) is 7.11 Å². The molecule has 32 heavy (non-hydrogen) atoms. The van der Waals surface area contributed by atoms with Crippen LogP contribution in [0.4, 0.5) is 10.1 Å². The molecule has 0 spiro atoms. The second-order valence-electron chi connectivity index (χ2n) is 6.78. The van der Waals surface area contributed by atoms with Crippen LogP contribution >= 0.6 is 11.3 Å². The van der Waals surface area contributed by atoms with Crippen LogP contribution in [-0.2, 0) is 0 Å². The van der Waals surface area contributed by atoms with Gasteiger partial charge in [0.25, 0.3) is 0 Å². The Hall–Kier alpha value is -3.63. The first-order valence-corrected chi connectivity index (χ1v) is 10.2. The Morgan fingerprint density at radius 2 is 1.81 bits per heavy atom. The van der Waals surface area contributed by atoms with Gasteiger partial charge in [0.1, 0.15) is 22.3 Å². The number of carbonyl (C=O) groups is 1. The fourth-order valence-electron chi connectivity index (χ4n) is 3.35. The first-order chi connectivity index (χ1) is 15.4. The van der Waals surface area contributed by atoms with Gasteiger partial charge in [0.05, 0.1) is 18.4 Å². The monoisotopic (exact) mass is 451 g/mol. The molecule has 1 heterocycles. The van der Waals surface area contributed by atoms with Gasteiger partial charge in [0.2, 0.25) is 0 Å². The van der Waals surface area contributed by atoms with E-state index in [1.54, 1.807) is 35.7 Å². The topological polar surface area (TPSA) is 110 Å². The summed E-state index contributed by atoms with van der Waals surface area (Å²) in [6.45, 7) is 0. The van der Waals surface area contributed by atoms with E-state index in [0.29, 0.717) is 27.6 Å². The van der Waals surface area contributed by atoms with Gasteiger partial charge in [-0.3, -0.25) is 0 Å². The van der Waals surface area contributed by atoms with Gasteiger partial charge in [-0.25, -0.2) is 14.2 Å². The molecule has 0 saturated heterocycles. The molecule has 7 nitrogen and oxygen atoms in total. The zero-order valence-electron chi connectivity index (χ0n) is 16.7. The van der Waals surface area contributed by atoms with Gasteiger partial charge in [-0.05, 0) is 24.3 Å². The Labute approximate surface area is 186 Å². The van der Waals surface area contributed by atoms with Crippen molar-refractivity contribution in [3.63, 3.8) is 0 Å². The van der Waals surface area contributed by atoms with Crippen LogP contribution in [0.5, 0.6) is 5.75 Å². The van der Waals surface area contributed by atoms with Crippen molar-refractivity contribution in [1.29, 1.82) is 0 Å². The zero-order chi connectivity index (χ0) is 22.8. The van der Waals surface area contributed by atoms with Crippen molar-refractivity contribution in [3.8, 4) is 38.7 Å². The van der Waals surface area contributed by atoms with Gasteiger partial charge in [-0.2, -0.15) is 0 Å². The third-order valence-electron chi connectivity index (χ3n) is 4.89. The molecule has 3 aromatic carbocycles. The predicted molar refractivity (Wildman–Crippen MR) is 119 cm³/mol. The molecule has 0 fully saturated rings. The van der Waals surface area contributed by atoms with E-state index in [1.165, 1.54) is 48.8 Å². The number of ether oxygens (including phenoxy) is 1. The third-order valence-corrected chi connectivity index (χ3v) is 5.78. The Morgan fingerprint density at radius 3 is 2.50 bits per heavy atom. The van der Waals surface area contributed by atoms with Crippen LogP contribution < -0.4 is 9.96 Å². The van der Waals surface area contributed by atoms with E-state index in [9.17, 15) is 24.7 Å². The molecular weight excluding hydrogens is 435 g/mol. The molecule has 0 bridgehead atoms. The molecule has 162 valence electrons. The number of hydrogen-bond donors (Lipinski definition) is 2. The molecule has 0 aliphatic rings. The van der Waals surface area contributed by atoms with Gasteiger partial charge < -0.3 is 25.5 Å². The third kappa shape index (κ3) is 4.10. The van der Waals surface area contributed by atoms with Crippen LogP contribution in [-0.4, -0.2) is 23.2 Å². The van der Waals surface area contributed by atoms with Crippen molar-refractivity contribution in [2.24, 2.45) is 0 Å². The van der Waals surface area contributed by atoms with E-state index in [4.69, 9.17) is 4.74 Å². The normalized spacial score (nSPS) is 11.0. The number of halogens is 1. The summed E-state index contributed by atoms with van der Waals surface area (Å²) in [6, 6.07) is 15.1. The van der Waals surface area contributed by atoms with Crippen molar-refractivity contribution >= 4 is 23.0 Å². The van der Waals surface area contributed by atoms with Crippen LogP contribution in [0.3, 0.4) is 0 Å². The molecule has 0 radical (unpaired) electrons. The van der Waals surface area contributed by atoms with Gasteiger partial charge in [-0.1, -0.05) is 24.3 Å². The smallest absolute Gasteiger partial charge is 0.336 e. The number of nitrogens with zero attached hydrogens (tertiary/aromatic N) is 1. The molecule has 4 aromatic rings. The minimum Gasteiger partial charge on any atom is -0.628 e. The Morgan fingerprint density at radius 1 is 1.06 bits per heavy atom. The summed E-state index contributed by atoms with van der Waals surface area (Å²) in [5, 5.41) is 33.5. The molecule has 9 heteroatoms. The zero-order valence-corrected chi connectivity index (χ0v) is 17.5. The number of nitrogens with one attached hydrogen (secondary N) is 1. The number of benzene rings is 3. The average molecular weight is 451 g/mol. The lowest BCUT2D eigenvalue weighted by Gasteiger charge is -2.27. The second-order valence-corrected chi connectivity index (χ2v) is 7.64. The largest absolute Gasteiger partial charge is 0.628 e. The number of methoxy groups -OCH3 is 1. The minimum absolute atomic E-state index is 0.0800. The lowest BCUT2D eigenvalue weighted by molar-refractivity contribution is -0.714. The molecule has 2 N–H and O–H groups in total. The molecule has 0 atom stereocenters. The van der Waals surface area contributed by atoms with E-state index in [2.05, 4.69) is 4.98 Å². The van der Waals surface area contributed by atoms with Crippen LogP contribution in [0.1, 0.15) is 10.4 Å². The molecule has 0 aliphatic heterocycles. The summed E-state index contributed by atoms with van der Waals surface area (Å²) < 4.78 is 19.4. The first-order valence-electron chi connectivity index (χ1n) is 9.37. The predicted octanol–water partition coefficient (Wildman–Crippen LogP) is 4.50. The highest BCUT2D eigenvalue weighted by atomic mass is 32.1. The van der Waals surface area contributed by atoms with Crippen LogP contribution in [0.25, 0.3) is 33.0 Å². The van der Waals surface area contributed by atoms with Gasteiger partial charge in [0.15, 0.2) is 0 Å². The van der Waals surface area contributed by atoms with Crippen molar-refractivity contribution in [1.82, 2.24) is 4.98 Å². The maximum atomic E-state index is 14.4. The number of carboxylic acids is 1. The number of carboxylic acid groups (broad SMARTS) is 1. The highest BCUT2D eigenvalue weighted by molar-refractivity contribution is 7.13. The van der Waals surface area contributed by atoms with E-state index in [-0.39, 0.29) is 22.4 Å². The maximum absolute atomic E-state index is 14.4. The highest BCUT2D eigenvalue weighted by Gasteiger charge is 2.19. The summed E-state index contributed by atoms with van der Waals surface area (Å²) >= 11 is 1.24. The Balaban J connectivity index is 1.76. The van der Waals surface area contributed by atoms with Crippen LogP contribution in [0, 0.1) is 16.2 Å². The quantitative estimate of drug-likeness (QED) is 0.418. The summed E-state index contributed by atoms with van der Waals surface area (Å²) in [6.07, 6.45) is 0.